The lowest BCUT2D eigenvalue weighted by molar-refractivity contribution is 0.257. The van der Waals surface area contributed by atoms with Crippen molar-refractivity contribution in [3.05, 3.63) is 29.8 Å². The summed E-state index contributed by atoms with van der Waals surface area (Å²) in [6.07, 6.45) is 1.24. The van der Waals surface area contributed by atoms with Crippen LogP contribution in [0.2, 0.25) is 0 Å². The second-order valence-electron chi connectivity index (χ2n) is 4.86. The Morgan fingerprint density at radius 3 is 2.88 bits per heavy atom. The molecule has 1 fully saturated rings. The number of ether oxygens (including phenoxy) is 1. The Labute approximate surface area is 98.0 Å². The molecule has 0 bridgehead atoms. The van der Waals surface area contributed by atoms with Crippen molar-refractivity contribution in [3.63, 3.8) is 0 Å². The molecule has 2 nitrogen and oxygen atoms in total. The molecule has 1 aromatic carbocycles. The summed E-state index contributed by atoms with van der Waals surface area (Å²) in [5.74, 6) is 2.27. The number of hydrogen-bond donors (Lipinski definition) is 1. The molecule has 1 N–H and O–H groups in total. The van der Waals surface area contributed by atoms with E-state index in [1.54, 1.807) is 0 Å². The van der Waals surface area contributed by atoms with Crippen LogP contribution >= 0.6 is 0 Å². The number of rotatable bonds is 4. The number of nitrogens with one attached hydrogen (secondary N) is 1. The molecule has 1 atom stereocenters. The molecule has 88 valence electrons. The van der Waals surface area contributed by atoms with Crippen LogP contribution in [0, 0.1) is 5.92 Å². The van der Waals surface area contributed by atoms with Crippen LogP contribution in [0.4, 0.5) is 0 Å². The molecule has 1 saturated heterocycles. The first-order valence-electron chi connectivity index (χ1n) is 6.20. The fourth-order valence-electron chi connectivity index (χ4n) is 2.15. The molecule has 1 aliphatic rings. The minimum Gasteiger partial charge on any atom is -0.493 e. The summed E-state index contributed by atoms with van der Waals surface area (Å²) in [5.41, 5.74) is 1.31. The Balaban J connectivity index is 1.97. The quantitative estimate of drug-likeness (QED) is 0.840. The van der Waals surface area contributed by atoms with Crippen molar-refractivity contribution in [1.82, 2.24) is 5.32 Å². The van der Waals surface area contributed by atoms with Crippen LogP contribution in [0.5, 0.6) is 5.75 Å². The van der Waals surface area contributed by atoms with Gasteiger partial charge in [0.25, 0.3) is 0 Å². The van der Waals surface area contributed by atoms with Gasteiger partial charge in [-0.25, -0.2) is 0 Å². The summed E-state index contributed by atoms with van der Waals surface area (Å²) in [7, 11) is 0. The monoisotopic (exact) mass is 219 g/mol. The van der Waals surface area contributed by atoms with Gasteiger partial charge in [-0.15, -0.1) is 0 Å². The summed E-state index contributed by atoms with van der Waals surface area (Å²) >= 11 is 0. The van der Waals surface area contributed by atoms with Gasteiger partial charge in [-0.2, -0.15) is 0 Å². The third-order valence-electron chi connectivity index (χ3n) is 3.18. The molecule has 2 heteroatoms. The van der Waals surface area contributed by atoms with Crippen LogP contribution in [0.15, 0.2) is 24.3 Å². The second kappa shape index (κ2) is 5.35. The molecule has 0 radical (unpaired) electrons. The Morgan fingerprint density at radius 2 is 2.19 bits per heavy atom. The number of hydrogen-bond acceptors (Lipinski definition) is 2. The molecular formula is C14H21NO. The van der Waals surface area contributed by atoms with E-state index in [1.807, 2.05) is 6.07 Å². The molecular weight excluding hydrogens is 198 g/mol. The minimum absolute atomic E-state index is 0.526. The summed E-state index contributed by atoms with van der Waals surface area (Å²) < 4.78 is 5.94. The lowest BCUT2D eigenvalue weighted by Crippen LogP contribution is -2.16. The minimum atomic E-state index is 0.526. The van der Waals surface area contributed by atoms with Gasteiger partial charge in [0.1, 0.15) is 5.75 Å². The molecule has 0 aliphatic carbocycles. The van der Waals surface area contributed by atoms with E-state index >= 15 is 0 Å². The zero-order valence-corrected chi connectivity index (χ0v) is 10.2. The first-order chi connectivity index (χ1) is 7.77. The fourth-order valence-corrected chi connectivity index (χ4v) is 2.15. The largest absolute Gasteiger partial charge is 0.493 e. The van der Waals surface area contributed by atoms with Gasteiger partial charge < -0.3 is 10.1 Å². The molecule has 1 aromatic rings. The van der Waals surface area contributed by atoms with E-state index in [2.05, 4.69) is 37.4 Å². The smallest absolute Gasteiger partial charge is 0.122 e. The summed E-state index contributed by atoms with van der Waals surface area (Å²) in [6.45, 7) is 7.50. The van der Waals surface area contributed by atoms with Crippen molar-refractivity contribution in [3.8, 4) is 5.75 Å². The Hall–Kier alpha value is -1.02. The third-order valence-corrected chi connectivity index (χ3v) is 3.18. The Morgan fingerprint density at radius 1 is 1.38 bits per heavy atom. The van der Waals surface area contributed by atoms with Gasteiger partial charge in [-0.3, -0.25) is 0 Å². The summed E-state index contributed by atoms with van der Waals surface area (Å²) in [6, 6.07) is 8.37. The highest BCUT2D eigenvalue weighted by Crippen LogP contribution is 2.26. The van der Waals surface area contributed by atoms with E-state index in [1.165, 1.54) is 12.0 Å². The average molecular weight is 219 g/mol. The zero-order valence-electron chi connectivity index (χ0n) is 10.2. The maximum atomic E-state index is 5.94. The fraction of sp³-hybridized carbons (Fsp3) is 0.571. The highest BCUT2D eigenvalue weighted by molar-refractivity contribution is 5.35. The maximum absolute atomic E-state index is 5.94. The van der Waals surface area contributed by atoms with Crippen molar-refractivity contribution < 1.29 is 4.74 Å². The van der Waals surface area contributed by atoms with E-state index in [0.717, 1.165) is 25.4 Å². The molecule has 0 spiro atoms. The van der Waals surface area contributed by atoms with Crippen LogP contribution in [-0.2, 0) is 0 Å². The van der Waals surface area contributed by atoms with Crippen LogP contribution < -0.4 is 10.1 Å². The number of para-hydroxylation sites is 1. The van der Waals surface area contributed by atoms with Gasteiger partial charge in [0.2, 0.25) is 0 Å². The molecule has 1 unspecified atom stereocenters. The molecule has 1 aliphatic heterocycles. The van der Waals surface area contributed by atoms with Gasteiger partial charge >= 0.3 is 0 Å². The van der Waals surface area contributed by atoms with E-state index in [4.69, 9.17) is 4.74 Å². The molecule has 0 saturated carbocycles. The van der Waals surface area contributed by atoms with Crippen molar-refractivity contribution in [2.45, 2.75) is 26.2 Å². The van der Waals surface area contributed by atoms with Gasteiger partial charge in [-0.05, 0) is 30.5 Å². The first-order valence-corrected chi connectivity index (χ1v) is 6.20. The Kier molecular flexibility index (Phi) is 3.83. The van der Waals surface area contributed by atoms with E-state index in [9.17, 15) is 0 Å². The lowest BCUT2D eigenvalue weighted by Gasteiger charge is -2.16. The summed E-state index contributed by atoms with van der Waals surface area (Å²) in [4.78, 5) is 0. The SMILES string of the molecule is CC(C)c1ccccc1OCC1CCNC1. The maximum Gasteiger partial charge on any atom is 0.122 e. The van der Waals surface area contributed by atoms with Gasteiger partial charge in [0.05, 0.1) is 6.61 Å². The van der Waals surface area contributed by atoms with Crippen molar-refractivity contribution in [2.24, 2.45) is 5.92 Å². The van der Waals surface area contributed by atoms with Crippen molar-refractivity contribution >= 4 is 0 Å². The van der Waals surface area contributed by atoms with Crippen LogP contribution in [-0.4, -0.2) is 19.7 Å². The standard InChI is InChI=1S/C14H21NO/c1-11(2)13-5-3-4-6-14(13)16-10-12-7-8-15-9-12/h3-6,11-12,15H,7-10H2,1-2H3. The summed E-state index contributed by atoms with van der Waals surface area (Å²) in [5, 5.41) is 3.37. The van der Waals surface area contributed by atoms with E-state index < -0.39 is 0 Å². The van der Waals surface area contributed by atoms with Crippen molar-refractivity contribution in [2.75, 3.05) is 19.7 Å². The molecule has 2 rings (SSSR count). The molecule has 0 aromatic heterocycles. The predicted octanol–water partition coefficient (Wildman–Crippen LogP) is 2.80. The zero-order chi connectivity index (χ0) is 11.4. The van der Waals surface area contributed by atoms with Crippen LogP contribution in [0.3, 0.4) is 0 Å². The third kappa shape index (κ3) is 2.76. The highest BCUT2D eigenvalue weighted by Gasteiger charge is 2.16. The van der Waals surface area contributed by atoms with E-state index in [0.29, 0.717) is 11.8 Å². The number of benzene rings is 1. The average Bonchev–Trinajstić information content (AvgIpc) is 2.79. The molecule has 1 heterocycles. The second-order valence-corrected chi connectivity index (χ2v) is 4.86. The topological polar surface area (TPSA) is 21.3 Å². The first kappa shape index (κ1) is 11.5. The molecule has 16 heavy (non-hydrogen) atoms. The Bertz CT molecular complexity index is 329. The molecule has 0 amide bonds. The normalized spacial score (nSPS) is 20.3. The highest BCUT2D eigenvalue weighted by atomic mass is 16.5. The van der Waals surface area contributed by atoms with Crippen LogP contribution in [0.25, 0.3) is 0 Å². The van der Waals surface area contributed by atoms with Crippen LogP contribution in [0.1, 0.15) is 31.7 Å². The van der Waals surface area contributed by atoms with Crippen molar-refractivity contribution in [1.29, 1.82) is 0 Å². The van der Waals surface area contributed by atoms with Gasteiger partial charge in [-0.1, -0.05) is 32.0 Å². The van der Waals surface area contributed by atoms with Gasteiger partial charge in [0, 0.05) is 12.5 Å². The lowest BCUT2D eigenvalue weighted by atomic mass is 10.0. The van der Waals surface area contributed by atoms with E-state index in [-0.39, 0.29) is 0 Å². The predicted molar refractivity (Wildman–Crippen MR) is 67.0 cm³/mol. The van der Waals surface area contributed by atoms with Gasteiger partial charge in [0.15, 0.2) is 0 Å².